The van der Waals surface area contributed by atoms with Crippen molar-refractivity contribution in [3.8, 4) is 0 Å². The first-order valence-electron chi connectivity index (χ1n) is 5.88. The molecule has 96 valence electrons. The Hall–Kier alpha value is -0.940. The van der Waals surface area contributed by atoms with Crippen LogP contribution in [0.4, 0.5) is 0 Å². The summed E-state index contributed by atoms with van der Waals surface area (Å²) in [6.45, 7) is 6.87. The smallest absolute Gasteiger partial charge is 0.306 e. The third kappa shape index (κ3) is 4.83. The number of hydrogen-bond donors (Lipinski definition) is 0. The van der Waals surface area contributed by atoms with Crippen LogP contribution < -0.4 is 0 Å². The number of ether oxygens (including phenoxy) is 2. The minimum absolute atomic E-state index is 0.0290. The van der Waals surface area contributed by atoms with Crippen LogP contribution in [0.3, 0.4) is 0 Å². The van der Waals surface area contributed by atoms with E-state index in [4.69, 9.17) is 9.47 Å². The number of hydrogen-bond acceptors (Lipinski definition) is 5. The van der Waals surface area contributed by atoms with Crippen LogP contribution in [0.1, 0.15) is 44.0 Å². The molecule has 0 radical (unpaired) electrons. The Kier molecular flexibility index (Phi) is 6.15. The molecular formula is C12H19NO3S. The van der Waals surface area contributed by atoms with Crippen molar-refractivity contribution in [1.82, 2.24) is 4.98 Å². The molecule has 0 aliphatic heterocycles. The number of aromatic nitrogens is 1. The van der Waals surface area contributed by atoms with Gasteiger partial charge in [-0.25, -0.2) is 4.98 Å². The van der Waals surface area contributed by atoms with Crippen molar-refractivity contribution in [2.45, 2.75) is 39.7 Å². The van der Waals surface area contributed by atoms with Crippen LogP contribution in [-0.4, -0.2) is 24.2 Å². The topological polar surface area (TPSA) is 48.4 Å². The third-order valence-corrected chi connectivity index (χ3v) is 3.28. The van der Waals surface area contributed by atoms with E-state index < -0.39 is 0 Å². The van der Waals surface area contributed by atoms with Crippen LogP contribution in [0.25, 0.3) is 0 Å². The molecule has 1 atom stereocenters. The highest BCUT2D eigenvalue weighted by Crippen LogP contribution is 2.21. The molecule has 1 aromatic rings. The monoisotopic (exact) mass is 257 g/mol. The fraction of sp³-hybridized carbons (Fsp3) is 0.667. The van der Waals surface area contributed by atoms with Crippen molar-refractivity contribution in [3.05, 3.63) is 16.1 Å². The van der Waals surface area contributed by atoms with E-state index in [1.807, 2.05) is 26.2 Å². The molecule has 0 aliphatic rings. The molecule has 1 rings (SSSR count). The van der Waals surface area contributed by atoms with Crippen molar-refractivity contribution in [1.29, 1.82) is 0 Å². The summed E-state index contributed by atoms with van der Waals surface area (Å²) in [6, 6.07) is 0. The maximum Gasteiger partial charge on any atom is 0.306 e. The van der Waals surface area contributed by atoms with Gasteiger partial charge in [0.05, 0.1) is 18.7 Å². The summed E-state index contributed by atoms with van der Waals surface area (Å²) in [5.41, 5.74) is 0.935. The molecule has 1 aromatic heterocycles. The van der Waals surface area contributed by atoms with Crippen molar-refractivity contribution < 1.29 is 14.3 Å². The van der Waals surface area contributed by atoms with E-state index in [0.29, 0.717) is 26.1 Å². The molecule has 1 unspecified atom stereocenters. The molecule has 5 heteroatoms. The Morgan fingerprint density at radius 2 is 2.24 bits per heavy atom. The summed E-state index contributed by atoms with van der Waals surface area (Å²) in [7, 11) is 0. The predicted molar refractivity (Wildman–Crippen MR) is 67.1 cm³/mol. The zero-order valence-corrected chi connectivity index (χ0v) is 11.4. The van der Waals surface area contributed by atoms with Crippen molar-refractivity contribution in [2.24, 2.45) is 0 Å². The quantitative estimate of drug-likeness (QED) is 0.705. The van der Waals surface area contributed by atoms with Gasteiger partial charge in [-0.1, -0.05) is 0 Å². The molecule has 0 saturated carbocycles. The van der Waals surface area contributed by atoms with Gasteiger partial charge in [0.25, 0.3) is 0 Å². The summed E-state index contributed by atoms with van der Waals surface area (Å²) in [6.07, 6.45) is 1.05. The van der Waals surface area contributed by atoms with E-state index in [1.165, 1.54) is 0 Å². The SMILES string of the molecule is CCOC(=O)CCc1csc(C(C)OCC)n1. The first-order chi connectivity index (χ1) is 8.17. The lowest BCUT2D eigenvalue weighted by Crippen LogP contribution is -2.05. The Labute approximate surface area is 106 Å². The van der Waals surface area contributed by atoms with E-state index in [1.54, 1.807) is 11.3 Å². The fourth-order valence-corrected chi connectivity index (χ4v) is 2.27. The predicted octanol–water partition coefficient (Wildman–Crippen LogP) is 2.74. The molecule has 0 aromatic carbocycles. The van der Waals surface area contributed by atoms with E-state index in [0.717, 1.165) is 10.7 Å². The first kappa shape index (κ1) is 14.1. The number of aryl methyl sites for hydroxylation is 1. The van der Waals surface area contributed by atoms with Gasteiger partial charge in [0, 0.05) is 18.4 Å². The Morgan fingerprint density at radius 3 is 2.88 bits per heavy atom. The number of thiazole rings is 1. The van der Waals surface area contributed by atoms with Gasteiger partial charge in [0.1, 0.15) is 11.1 Å². The normalized spacial score (nSPS) is 12.4. The number of esters is 1. The van der Waals surface area contributed by atoms with Crippen molar-refractivity contribution >= 4 is 17.3 Å². The molecular weight excluding hydrogens is 238 g/mol. The molecule has 0 N–H and O–H groups in total. The third-order valence-electron chi connectivity index (χ3n) is 2.22. The number of nitrogens with zero attached hydrogens (tertiary/aromatic N) is 1. The van der Waals surface area contributed by atoms with Gasteiger partial charge in [0.2, 0.25) is 0 Å². The van der Waals surface area contributed by atoms with E-state index in [-0.39, 0.29) is 12.1 Å². The summed E-state index contributed by atoms with van der Waals surface area (Å²) < 4.78 is 10.3. The molecule has 0 aliphatic carbocycles. The fourth-order valence-electron chi connectivity index (χ4n) is 1.41. The zero-order valence-electron chi connectivity index (χ0n) is 10.6. The molecule has 0 bridgehead atoms. The van der Waals surface area contributed by atoms with Crippen molar-refractivity contribution in [3.63, 3.8) is 0 Å². The lowest BCUT2D eigenvalue weighted by Gasteiger charge is -2.06. The number of carbonyl (C=O) groups is 1. The summed E-state index contributed by atoms with van der Waals surface area (Å²) in [5, 5.41) is 2.94. The van der Waals surface area contributed by atoms with Crippen LogP contribution in [0.2, 0.25) is 0 Å². The molecule has 0 amide bonds. The largest absolute Gasteiger partial charge is 0.466 e. The molecule has 4 nitrogen and oxygen atoms in total. The molecule has 1 heterocycles. The van der Waals surface area contributed by atoms with Crippen LogP contribution >= 0.6 is 11.3 Å². The summed E-state index contributed by atoms with van der Waals surface area (Å²) in [4.78, 5) is 15.6. The highest BCUT2D eigenvalue weighted by molar-refractivity contribution is 7.09. The standard InChI is InChI=1S/C12H19NO3S/c1-4-15-9(3)12-13-10(8-17-12)6-7-11(14)16-5-2/h8-9H,4-7H2,1-3H3. The highest BCUT2D eigenvalue weighted by Gasteiger charge is 2.11. The number of carbonyl (C=O) groups excluding carboxylic acids is 1. The second-order valence-corrected chi connectivity index (χ2v) is 4.47. The van der Waals surface area contributed by atoms with E-state index in [2.05, 4.69) is 4.98 Å². The molecule has 0 fully saturated rings. The Balaban J connectivity index is 2.43. The lowest BCUT2D eigenvalue weighted by molar-refractivity contribution is -0.143. The van der Waals surface area contributed by atoms with Crippen LogP contribution in [0.5, 0.6) is 0 Å². The first-order valence-corrected chi connectivity index (χ1v) is 6.76. The minimum atomic E-state index is -0.167. The van der Waals surface area contributed by atoms with Gasteiger partial charge in [0.15, 0.2) is 0 Å². The Bertz CT molecular complexity index is 351. The second kappa shape index (κ2) is 7.40. The molecule has 17 heavy (non-hydrogen) atoms. The van der Waals surface area contributed by atoms with E-state index >= 15 is 0 Å². The van der Waals surface area contributed by atoms with Crippen LogP contribution in [-0.2, 0) is 20.7 Å². The van der Waals surface area contributed by atoms with Gasteiger partial charge in [-0.15, -0.1) is 11.3 Å². The van der Waals surface area contributed by atoms with Crippen molar-refractivity contribution in [2.75, 3.05) is 13.2 Å². The average molecular weight is 257 g/mol. The van der Waals surface area contributed by atoms with Gasteiger partial charge in [-0.05, 0) is 20.8 Å². The Morgan fingerprint density at radius 1 is 1.47 bits per heavy atom. The van der Waals surface area contributed by atoms with Gasteiger partial charge in [-0.2, -0.15) is 0 Å². The maximum absolute atomic E-state index is 11.2. The van der Waals surface area contributed by atoms with Crippen LogP contribution in [0, 0.1) is 0 Å². The van der Waals surface area contributed by atoms with Gasteiger partial charge >= 0.3 is 5.97 Å². The summed E-state index contributed by atoms with van der Waals surface area (Å²) in [5.74, 6) is -0.167. The second-order valence-electron chi connectivity index (χ2n) is 3.58. The van der Waals surface area contributed by atoms with Gasteiger partial charge < -0.3 is 9.47 Å². The summed E-state index contributed by atoms with van der Waals surface area (Å²) >= 11 is 1.57. The number of rotatable bonds is 7. The van der Waals surface area contributed by atoms with E-state index in [9.17, 15) is 4.79 Å². The lowest BCUT2D eigenvalue weighted by atomic mass is 10.2. The van der Waals surface area contributed by atoms with Crippen LogP contribution in [0.15, 0.2) is 5.38 Å². The molecule has 0 saturated heterocycles. The minimum Gasteiger partial charge on any atom is -0.466 e. The maximum atomic E-state index is 11.2. The highest BCUT2D eigenvalue weighted by atomic mass is 32.1. The zero-order chi connectivity index (χ0) is 12.7. The molecule has 0 spiro atoms. The average Bonchev–Trinajstić information content (AvgIpc) is 2.76. The van der Waals surface area contributed by atoms with Gasteiger partial charge in [-0.3, -0.25) is 4.79 Å².